The molecule has 1 unspecified atom stereocenters. The van der Waals surface area contributed by atoms with Crippen molar-refractivity contribution in [3.05, 3.63) is 28.8 Å². The molecule has 0 spiro atoms. The van der Waals surface area contributed by atoms with Gasteiger partial charge in [-0.2, -0.15) is 11.8 Å². The normalized spacial score (nSPS) is 17.8. The van der Waals surface area contributed by atoms with E-state index in [2.05, 4.69) is 24.0 Å². The summed E-state index contributed by atoms with van der Waals surface area (Å²) < 4.78 is 0. The minimum atomic E-state index is 0.240. The van der Waals surface area contributed by atoms with E-state index in [1.807, 2.05) is 17.8 Å². The molecule has 1 atom stereocenters. The summed E-state index contributed by atoms with van der Waals surface area (Å²) in [6, 6.07) is 6.44. The highest BCUT2D eigenvalue weighted by Crippen LogP contribution is 2.28. The summed E-state index contributed by atoms with van der Waals surface area (Å²) in [4.78, 5) is 2.44. The third kappa shape index (κ3) is 3.56. The third-order valence-electron chi connectivity index (χ3n) is 3.41. The first-order valence-corrected chi connectivity index (χ1v) is 8.10. The second kappa shape index (κ2) is 6.69. The van der Waals surface area contributed by atoms with E-state index in [4.69, 9.17) is 17.3 Å². The van der Waals surface area contributed by atoms with E-state index >= 15 is 0 Å². The molecule has 0 radical (unpaired) electrons. The molecule has 0 saturated carbocycles. The Morgan fingerprint density at radius 1 is 1.39 bits per heavy atom. The molecule has 2 N–H and O–H groups in total. The average Bonchev–Trinajstić information content (AvgIpc) is 2.41. The van der Waals surface area contributed by atoms with Gasteiger partial charge < -0.3 is 10.6 Å². The lowest BCUT2D eigenvalue weighted by molar-refractivity contribution is 0.644. The first-order chi connectivity index (χ1) is 8.70. The Morgan fingerprint density at radius 2 is 2.11 bits per heavy atom. The summed E-state index contributed by atoms with van der Waals surface area (Å²) in [6.45, 7) is 4.36. The maximum absolute atomic E-state index is 6.14. The Morgan fingerprint density at radius 3 is 2.78 bits per heavy atom. The molecule has 2 nitrogen and oxygen atoms in total. The van der Waals surface area contributed by atoms with Gasteiger partial charge in [0.15, 0.2) is 0 Å². The second-order valence-electron chi connectivity index (χ2n) is 4.74. The monoisotopic (exact) mass is 284 g/mol. The van der Waals surface area contributed by atoms with Crippen LogP contribution in [0.3, 0.4) is 0 Å². The van der Waals surface area contributed by atoms with Gasteiger partial charge >= 0.3 is 0 Å². The summed E-state index contributed by atoms with van der Waals surface area (Å²) >= 11 is 8.17. The molecule has 0 bridgehead atoms. The quantitative estimate of drug-likeness (QED) is 0.921. The van der Waals surface area contributed by atoms with E-state index < -0.39 is 0 Å². The SMILES string of the molecule is CCC(N)Cc1ccc(Cl)cc1N1CCSCC1. The molecule has 1 aromatic rings. The molecule has 0 amide bonds. The molecule has 4 heteroatoms. The van der Waals surface area contributed by atoms with Crippen LogP contribution < -0.4 is 10.6 Å². The summed E-state index contributed by atoms with van der Waals surface area (Å²) in [6.07, 6.45) is 1.95. The third-order valence-corrected chi connectivity index (χ3v) is 4.58. The van der Waals surface area contributed by atoms with Crippen LogP contribution in [0.4, 0.5) is 5.69 Å². The minimum absolute atomic E-state index is 0.240. The first kappa shape index (κ1) is 14.0. The van der Waals surface area contributed by atoms with E-state index in [1.165, 1.54) is 22.8 Å². The fourth-order valence-electron chi connectivity index (χ4n) is 2.24. The predicted octanol–water partition coefficient (Wildman–Crippen LogP) is 3.17. The van der Waals surface area contributed by atoms with Crippen LogP contribution in [-0.2, 0) is 6.42 Å². The summed E-state index contributed by atoms with van der Waals surface area (Å²) in [5.41, 5.74) is 8.70. The van der Waals surface area contributed by atoms with Crippen molar-refractivity contribution in [3.63, 3.8) is 0 Å². The van der Waals surface area contributed by atoms with Crippen molar-refractivity contribution in [2.45, 2.75) is 25.8 Å². The van der Waals surface area contributed by atoms with Crippen LogP contribution in [0.2, 0.25) is 5.02 Å². The van der Waals surface area contributed by atoms with Crippen LogP contribution in [-0.4, -0.2) is 30.6 Å². The number of anilines is 1. The van der Waals surface area contributed by atoms with Crippen LogP contribution in [0.15, 0.2) is 18.2 Å². The molecular formula is C14H21ClN2S. The highest BCUT2D eigenvalue weighted by molar-refractivity contribution is 7.99. The fourth-order valence-corrected chi connectivity index (χ4v) is 3.30. The van der Waals surface area contributed by atoms with Gasteiger partial charge in [0.2, 0.25) is 0 Å². The number of nitrogens with zero attached hydrogens (tertiary/aromatic N) is 1. The van der Waals surface area contributed by atoms with E-state index in [-0.39, 0.29) is 6.04 Å². The number of hydrogen-bond acceptors (Lipinski definition) is 3. The number of benzene rings is 1. The zero-order valence-electron chi connectivity index (χ0n) is 10.9. The first-order valence-electron chi connectivity index (χ1n) is 6.57. The van der Waals surface area contributed by atoms with Gasteiger partial charge in [0, 0.05) is 41.3 Å². The molecule has 100 valence electrons. The topological polar surface area (TPSA) is 29.3 Å². The van der Waals surface area contributed by atoms with Crippen molar-refractivity contribution in [1.29, 1.82) is 0 Å². The average molecular weight is 285 g/mol. The van der Waals surface area contributed by atoms with Crippen LogP contribution in [0.1, 0.15) is 18.9 Å². The van der Waals surface area contributed by atoms with Gasteiger partial charge in [0.25, 0.3) is 0 Å². The van der Waals surface area contributed by atoms with Crippen LogP contribution in [0.5, 0.6) is 0 Å². The predicted molar refractivity (Wildman–Crippen MR) is 83.0 cm³/mol. The molecule has 1 heterocycles. The molecule has 0 aromatic heterocycles. The van der Waals surface area contributed by atoms with Crippen molar-refractivity contribution in [2.75, 3.05) is 29.5 Å². The Labute approximate surface area is 119 Å². The van der Waals surface area contributed by atoms with Crippen molar-refractivity contribution < 1.29 is 0 Å². The zero-order chi connectivity index (χ0) is 13.0. The molecule has 1 aromatic carbocycles. The maximum atomic E-state index is 6.14. The molecule has 1 aliphatic heterocycles. The lowest BCUT2D eigenvalue weighted by atomic mass is 10.0. The molecule has 0 aliphatic carbocycles. The fraction of sp³-hybridized carbons (Fsp3) is 0.571. The summed E-state index contributed by atoms with van der Waals surface area (Å²) in [5, 5.41) is 0.817. The maximum Gasteiger partial charge on any atom is 0.0426 e. The Balaban J connectivity index is 2.22. The number of hydrogen-bond donors (Lipinski definition) is 1. The van der Waals surface area contributed by atoms with E-state index in [9.17, 15) is 0 Å². The van der Waals surface area contributed by atoms with Crippen molar-refractivity contribution >= 4 is 29.1 Å². The summed E-state index contributed by atoms with van der Waals surface area (Å²) in [5.74, 6) is 2.40. The van der Waals surface area contributed by atoms with Crippen molar-refractivity contribution in [2.24, 2.45) is 5.73 Å². The highest BCUT2D eigenvalue weighted by Gasteiger charge is 2.16. The van der Waals surface area contributed by atoms with E-state index in [1.54, 1.807) is 0 Å². The largest absolute Gasteiger partial charge is 0.370 e. The van der Waals surface area contributed by atoms with Gasteiger partial charge in [-0.25, -0.2) is 0 Å². The van der Waals surface area contributed by atoms with Crippen LogP contribution in [0.25, 0.3) is 0 Å². The van der Waals surface area contributed by atoms with Gasteiger partial charge in [-0.3, -0.25) is 0 Å². The summed E-state index contributed by atoms with van der Waals surface area (Å²) in [7, 11) is 0. The lowest BCUT2D eigenvalue weighted by Gasteiger charge is -2.31. The molecule has 1 saturated heterocycles. The second-order valence-corrected chi connectivity index (χ2v) is 6.41. The van der Waals surface area contributed by atoms with Gasteiger partial charge in [-0.05, 0) is 30.5 Å². The number of thioether (sulfide) groups is 1. The number of nitrogens with two attached hydrogens (primary N) is 1. The van der Waals surface area contributed by atoms with E-state index in [0.29, 0.717) is 0 Å². The number of halogens is 1. The molecule has 2 rings (SSSR count). The number of rotatable bonds is 4. The Kier molecular flexibility index (Phi) is 5.22. The van der Waals surface area contributed by atoms with Gasteiger partial charge in [0.05, 0.1) is 0 Å². The van der Waals surface area contributed by atoms with Crippen molar-refractivity contribution in [3.8, 4) is 0 Å². The highest BCUT2D eigenvalue weighted by atomic mass is 35.5. The Bertz CT molecular complexity index is 391. The van der Waals surface area contributed by atoms with Crippen LogP contribution in [0, 0.1) is 0 Å². The zero-order valence-corrected chi connectivity index (χ0v) is 12.4. The van der Waals surface area contributed by atoms with Gasteiger partial charge in [0.1, 0.15) is 0 Å². The smallest absolute Gasteiger partial charge is 0.0426 e. The minimum Gasteiger partial charge on any atom is -0.370 e. The van der Waals surface area contributed by atoms with Gasteiger partial charge in [-0.15, -0.1) is 0 Å². The lowest BCUT2D eigenvalue weighted by Crippen LogP contribution is -2.34. The van der Waals surface area contributed by atoms with Crippen LogP contribution >= 0.6 is 23.4 Å². The molecule has 1 fully saturated rings. The van der Waals surface area contributed by atoms with Crippen molar-refractivity contribution in [1.82, 2.24) is 0 Å². The Hall–Kier alpha value is -0.380. The molecule has 18 heavy (non-hydrogen) atoms. The molecule has 1 aliphatic rings. The molecular weight excluding hydrogens is 264 g/mol. The standard InChI is InChI=1S/C14H21ClN2S/c1-2-13(16)9-11-3-4-12(15)10-14(11)17-5-7-18-8-6-17/h3-4,10,13H,2,5-9,16H2,1H3. The van der Waals surface area contributed by atoms with E-state index in [0.717, 1.165) is 31.0 Å². The van der Waals surface area contributed by atoms with Gasteiger partial charge in [-0.1, -0.05) is 24.6 Å².